The second kappa shape index (κ2) is 15.1. The summed E-state index contributed by atoms with van der Waals surface area (Å²) in [5, 5.41) is 0. The molecule has 0 aliphatic rings. The highest BCUT2D eigenvalue weighted by atomic mass is 31.1. The highest BCUT2D eigenvalue weighted by Gasteiger charge is 2.18. The first-order chi connectivity index (χ1) is 8.81. The van der Waals surface area contributed by atoms with Crippen molar-refractivity contribution in [2.45, 2.75) is 78.1 Å². The van der Waals surface area contributed by atoms with Gasteiger partial charge in [-0.3, -0.25) is 0 Å². The maximum Gasteiger partial charge on any atom is 0.697 e. The molecule has 1 unspecified atom stereocenters. The maximum absolute atomic E-state index is 11.3. The van der Waals surface area contributed by atoms with E-state index in [0.29, 0.717) is 13.2 Å². The van der Waals surface area contributed by atoms with Crippen molar-refractivity contribution in [3.8, 4) is 0 Å². The molecular weight excluding hydrogens is 247 g/mol. The molecular formula is C14H30O3P+. The van der Waals surface area contributed by atoms with Gasteiger partial charge in [0.25, 0.3) is 0 Å². The van der Waals surface area contributed by atoms with Gasteiger partial charge in [0.2, 0.25) is 0 Å². The Morgan fingerprint density at radius 2 is 1.06 bits per heavy atom. The minimum Gasteiger partial charge on any atom is -0.119 e. The summed E-state index contributed by atoms with van der Waals surface area (Å²) >= 11 is 0. The summed E-state index contributed by atoms with van der Waals surface area (Å²) in [7, 11) is -1.88. The van der Waals surface area contributed by atoms with Crippen LogP contribution in [-0.4, -0.2) is 13.2 Å². The second-order valence-corrected chi connectivity index (χ2v) is 5.68. The lowest BCUT2D eigenvalue weighted by molar-refractivity contribution is 0.218. The van der Waals surface area contributed by atoms with E-state index < -0.39 is 8.25 Å². The van der Waals surface area contributed by atoms with E-state index in [0.717, 1.165) is 19.3 Å². The number of unbranched alkanes of at least 4 members (excludes halogenated alkanes) is 8. The first kappa shape index (κ1) is 18.0. The summed E-state index contributed by atoms with van der Waals surface area (Å²) in [4.78, 5) is 0. The van der Waals surface area contributed by atoms with Crippen LogP contribution in [0.25, 0.3) is 0 Å². The lowest BCUT2D eigenvalue weighted by atomic mass is 10.1. The van der Waals surface area contributed by atoms with Gasteiger partial charge in [-0.2, -0.15) is 0 Å². The molecule has 0 radical (unpaired) electrons. The fourth-order valence-corrected chi connectivity index (χ4v) is 2.36. The highest BCUT2D eigenvalue weighted by Crippen LogP contribution is 2.24. The average molecular weight is 277 g/mol. The van der Waals surface area contributed by atoms with Crippen molar-refractivity contribution in [1.82, 2.24) is 0 Å². The van der Waals surface area contributed by atoms with Gasteiger partial charge >= 0.3 is 8.25 Å². The van der Waals surface area contributed by atoms with Gasteiger partial charge in [0.1, 0.15) is 13.2 Å². The van der Waals surface area contributed by atoms with Crippen LogP contribution in [0.15, 0.2) is 0 Å². The van der Waals surface area contributed by atoms with Gasteiger partial charge < -0.3 is 0 Å². The smallest absolute Gasteiger partial charge is 0.119 e. The van der Waals surface area contributed by atoms with E-state index in [4.69, 9.17) is 9.05 Å². The molecule has 0 aromatic rings. The van der Waals surface area contributed by atoms with Crippen LogP contribution in [0.4, 0.5) is 0 Å². The third-order valence-electron chi connectivity index (χ3n) is 2.89. The largest absolute Gasteiger partial charge is 0.697 e. The van der Waals surface area contributed by atoms with Crippen molar-refractivity contribution in [3.63, 3.8) is 0 Å². The van der Waals surface area contributed by atoms with Crippen LogP contribution >= 0.6 is 8.25 Å². The van der Waals surface area contributed by atoms with Gasteiger partial charge in [0.15, 0.2) is 0 Å². The summed E-state index contributed by atoms with van der Waals surface area (Å²) in [5.41, 5.74) is 0. The summed E-state index contributed by atoms with van der Waals surface area (Å²) in [6.07, 6.45) is 11.9. The number of hydrogen-bond donors (Lipinski definition) is 0. The van der Waals surface area contributed by atoms with Gasteiger partial charge in [-0.25, -0.2) is 0 Å². The molecule has 0 heterocycles. The molecule has 0 bridgehead atoms. The van der Waals surface area contributed by atoms with E-state index in [2.05, 4.69) is 13.8 Å². The molecule has 0 spiro atoms. The van der Waals surface area contributed by atoms with Crippen LogP contribution in [0.3, 0.4) is 0 Å². The second-order valence-electron chi connectivity index (χ2n) is 4.72. The van der Waals surface area contributed by atoms with E-state index in [1.54, 1.807) is 0 Å². The molecule has 0 fully saturated rings. The van der Waals surface area contributed by atoms with E-state index in [1.807, 2.05) is 0 Å². The van der Waals surface area contributed by atoms with Crippen molar-refractivity contribution in [1.29, 1.82) is 0 Å². The average Bonchev–Trinajstić information content (AvgIpc) is 2.37. The van der Waals surface area contributed by atoms with Gasteiger partial charge in [-0.15, -0.1) is 9.05 Å². The van der Waals surface area contributed by atoms with Crippen LogP contribution in [0.5, 0.6) is 0 Å². The molecule has 0 aliphatic heterocycles. The maximum atomic E-state index is 11.3. The normalized spacial score (nSPS) is 11.8. The van der Waals surface area contributed by atoms with Gasteiger partial charge in [-0.1, -0.05) is 65.2 Å². The third kappa shape index (κ3) is 14.1. The molecule has 0 amide bonds. The molecule has 4 heteroatoms. The molecule has 0 aromatic carbocycles. The lowest BCUT2D eigenvalue weighted by Gasteiger charge is -1.97. The molecule has 0 aromatic heterocycles. The quantitative estimate of drug-likeness (QED) is 0.305. The number of rotatable bonds is 14. The Morgan fingerprint density at radius 3 is 1.56 bits per heavy atom. The van der Waals surface area contributed by atoms with Crippen molar-refractivity contribution in [3.05, 3.63) is 0 Å². The number of hydrogen-bond acceptors (Lipinski definition) is 3. The third-order valence-corrected chi connectivity index (χ3v) is 3.68. The van der Waals surface area contributed by atoms with Crippen LogP contribution in [0, 0.1) is 0 Å². The Kier molecular flexibility index (Phi) is 15.1. The SMILES string of the molecule is CCCCCCCCO[P+](=O)OCCCCCC. The zero-order valence-electron chi connectivity index (χ0n) is 12.2. The minimum atomic E-state index is -1.88. The van der Waals surface area contributed by atoms with Gasteiger partial charge in [0, 0.05) is 4.57 Å². The first-order valence-electron chi connectivity index (χ1n) is 7.54. The molecule has 0 N–H and O–H groups in total. The summed E-state index contributed by atoms with van der Waals surface area (Å²) in [5.74, 6) is 0. The van der Waals surface area contributed by atoms with Gasteiger partial charge in [0.05, 0.1) is 0 Å². The molecule has 108 valence electrons. The van der Waals surface area contributed by atoms with Crippen molar-refractivity contribution in [2.75, 3.05) is 13.2 Å². The Labute approximate surface area is 114 Å². The highest BCUT2D eigenvalue weighted by molar-refractivity contribution is 7.33. The zero-order chi connectivity index (χ0) is 13.5. The molecule has 18 heavy (non-hydrogen) atoms. The lowest BCUT2D eigenvalue weighted by Crippen LogP contribution is -1.92. The van der Waals surface area contributed by atoms with Crippen molar-refractivity contribution >= 4 is 8.25 Å². The van der Waals surface area contributed by atoms with Gasteiger partial charge in [-0.05, 0) is 12.8 Å². The summed E-state index contributed by atoms with van der Waals surface area (Å²) in [6, 6.07) is 0. The van der Waals surface area contributed by atoms with Crippen LogP contribution in [0.2, 0.25) is 0 Å². The standard InChI is InChI=1S/C14H30O3P/c1-3-5-7-9-10-12-14-17-18(15)16-13-11-8-6-4-2/h3-14H2,1-2H3/q+1. The zero-order valence-corrected chi connectivity index (χ0v) is 13.1. The van der Waals surface area contributed by atoms with E-state index in [1.165, 1.54) is 44.9 Å². The van der Waals surface area contributed by atoms with Crippen LogP contribution in [-0.2, 0) is 13.6 Å². The van der Waals surface area contributed by atoms with Crippen molar-refractivity contribution in [2.24, 2.45) is 0 Å². The fourth-order valence-electron chi connectivity index (χ4n) is 1.73. The monoisotopic (exact) mass is 277 g/mol. The predicted molar refractivity (Wildman–Crippen MR) is 77.0 cm³/mol. The Morgan fingerprint density at radius 1 is 0.667 bits per heavy atom. The Balaban J connectivity index is 3.12. The molecule has 3 nitrogen and oxygen atoms in total. The molecule has 0 saturated carbocycles. The first-order valence-corrected chi connectivity index (χ1v) is 8.63. The van der Waals surface area contributed by atoms with Crippen LogP contribution in [0.1, 0.15) is 78.1 Å². The molecule has 1 atom stereocenters. The summed E-state index contributed by atoms with van der Waals surface area (Å²) in [6.45, 7) is 5.51. The van der Waals surface area contributed by atoms with Crippen LogP contribution < -0.4 is 0 Å². The molecule has 0 saturated heterocycles. The predicted octanol–water partition coefficient (Wildman–Crippen LogP) is 5.62. The Hall–Kier alpha value is 0.0200. The molecule has 0 rings (SSSR count). The Bertz CT molecular complexity index is 186. The topological polar surface area (TPSA) is 35.5 Å². The minimum absolute atomic E-state index is 0.561. The molecule has 0 aliphatic carbocycles. The van der Waals surface area contributed by atoms with E-state index >= 15 is 0 Å². The fraction of sp³-hybridized carbons (Fsp3) is 1.00. The van der Waals surface area contributed by atoms with E-state index in [9.17, 15) is 4.57 Å². The van der Waals surface area contributed by atoms with Crippen molar-refractivity contribution < 1.29 is 13.6 Å². The summed E-state index contributed by atoms with van der Waals surface area (Å²) < 4.78 is 21.6. The van der Waals surface area contributed by atoms with E-state index in [-0.39, 0.29) is 0 Å².